The molecule has 3 amide bonds. The molecular formula is C13H14N2O2. The Kier molecular flexibility index (Phi) is 2.02. The van der Waals surface area contributed by atoms with Crippen molar-refractivity contribution < 1.29 is 9.59 Å². The standard InChI is InChI=1S/C13H14N2O2/c1-14-11(16)13(10-6-3-2-4-7-10)8-5-9-15(13)12(14)17/h2-4,6-7H,5,8-9H2,1H3. The number of likely N-dealkylation sites (N-methyl/N-ethyl adjacent to an activating group) is 1. The van der Waals surface area contributed by atoms with Gasteiger partial charge >= 0.3 is 6.03 Å². The Morgan fingerprint density at radius 1 is 1.18 bits per heavy atom. The van der Waals surface area contributed by atoms with Gasteiger partial charge in [-0.25, -0.2) is 4.79 Å². The number of urea groups is 1. The zero-order valence-corrected chi connectivity index (χ0v) is 9.72. The van der Waals surface area contributed by atoms with Crippen LogP contribution in [0.2, 0.25) is 0 Å². The van der Waals surface area contributed by atoms with Crippen LogP contribution < -0.4 is 0 Å². The highest BCUT2D eigenvalue weighted by atomic mass is 16.2. The van der Waals surface area contributed by atoms with E-state index in [4.69, 9.17) is 0 Å². The first-order chi connectivity index (χ1) is 8.18. The Morgan fingerprint density at radius 3 is 2.59 bits per heavy atom. The Hall–Kier alpha value is -1.84. The molecule has 0 aliphatic carbocycles. The van der Waals surface area contributed by atoms with Crippen molar-refractivity contribution in [2.45, 2.75) is 18.4 Å². The van der Waals surface area contributed by atoms with Crippen LogP contribution >= 0.6 is 0 Å². The summed E-state index contributed by atoms with van der Waals surface area (Å²) in [6.45, 7) is 0.670. The molecule has 0 N–H and O–H groups in total. The van der Waals surface area contributed by atoms with E-state index in [1.807, 2.05) is 30.3 Å². The number of hydrogen-bond donors (Lipinski definition) is 0. The van der Waals surface area contributed by atoms with Gasteiger partial charge in [-0.3, -0.25) is 9.69 Å². The fraction of sp³-hybridized carbons (Fsp3) is 0.385. The van der Waals surface area contributed by atoms with E-state index >= 15 is 0 Å². The van der Waals surface area contributed by atoms with E-state index in [1.54, 1.807) is 11.9 Å². The first kappa shape index (κ1) is 10.3. The van der Waals surface area contributed by atoms with Crippen LogP contribution in [0.15, 0.2) is 30.3 Å². The molecule has 2 aliphatic heterocycles. The summed E-state index contributed by atoms with van der Waals surface area (Å²) in [5, 5.41) is 0. The monoisotopic (exact) mass is 230 g/mol. The summed E-state index contributed by atoms with van der Waals surface area (Å²) in [5.41, 5.74) is 0.202. The average Bonchev–Trinajstić information content (AvgIpc) is 2.88. The Labute approximate surface area is 99.8 Å². The highest BCUT2D eigenvalue weighted by molar-refractivity contribution is 6.07. The van der Waals surface area contributed by atoms with Crippen molar-refractivity contribution in [1.29, 1.82) is 0 Å². The van der Waals surface area contributed by atoms with Gasteiger partial charge in [-0.15, -0.1) is 0 Å². The number of imide groups is 1. The second-order valence-corrected chi connectivity index (χ2v) is 4.63. The molecule has 0 radical (unpaired) electrons. The second kappa shape index (κ2) is 3.32. The maximum absolute atomic E-state index is 12.4. The maximum Gasteiger partial charge on any atom is 0.327 e. The summed E-state index contributed by atoms with van der Waals surface area (Å²) in [7, 11) is 1.56. The van der Waals surface area contributed by atoms with Crippen LogP contribution in [0.1, 0.15) is 18.4 Å². The molecule has 0 spiro atoms. The summed E-state index contributed by atoms with van der Waals surface area (Å²) in [5.74, 6) is -0.0915. The zero-order chi connectivity index (χ0) is 12.0. The smallest absolute Gasteiger partial charge is 0.305 e. The molecule has 17 heavy (non-hydrogen) atoms. The van der Waals surface area contributed by atoms with Crippen LogP contribution in [-0.4, -0.2) is 35.3 Å². The molecule has 4 heteroatoms. The molecular weight excluding hydrogens is 216 g/mol. The van der Waals surface area contributed by atoms with Crippen molar-refractivity contribution in [3.05, 3.63) is 35.9 Å². The van der Waals surface area contributed by atoms with Crippen LogP contribution in [-0.2, 0) is 10.3 Å². The SMILES string of the molecule is CN1C(=O)N2CCCC2(c2ccccc2)C1=O. The number of fused-ring (bicyclic) bond motifs is 1. The van der Waals surface area contributed by atoms with E-state index in [-0.39, 0.29) is 11.9 Å². The van der Waals surface area contributed by atoms with Gasteiger partial charge in [0.25, 0.3) is 5.91 Å². The molecule has 1 aromatic rings. The number of carbonyl (C=O) groups excluding carboxylic acids is 2. The molecule has 88 valence electrons. The highest BCUT2D eigenvalue weighted by Gasteiger charge is 2.59. The molecule has 2 saturated heterocycles. The minimum absolute atomic E-state index is 0.0915. The first-order valence-electron chi connectivity index (χ1n) is 5.83. The fourth-order valence-electron chi connectivity index (χ4n) is 2.98. The van der Waals surface area contributed by atoms with Crippen LogP contribution in [0.3, 0.4) is 0 Å². The summed E-state index contributed by atoms with van der Waals surface area (Å²) in [6, 6.07) is 9.44. The lowest BCUT2D eigenvalue weighted by Crippen LogP contribution is -2.41. The topological polar surface area (TPSA) is 40.6 Å². The van der Waals surface area contributed by atoms with E-state index in [1.165, 1.54) is 4.90 Å². The predicted octanol–water partition coefficient (Wildman–Crippen LogP) is 1.57. The molecule has 0 saturated carbocycles. The molecule has 2 fully saturated rings. The van der Waals surface area contributed by atoms with Gasteiger partial charge in [0.15, 0.2) is 0 Å². The third-order valence-corrected chi connectivity index (χ3v) is 3.81. The summed E-state index contributed by atoms with van der Waals surface area (Å²) in [4.78, 5) is 27.3. The van der Waals surface area contributed by atoms with E-state index in [9.17, 15) is 9.59 Å². The molecule has 4 nitrogen and oxygen atoms in total. The van der Waals surface area contributed by atoms with Gasteiger partial charge in [-0.05, 0) is 18.4 Å². The van der Waals surface area contributed by atoms with Crippen LogP contribution in [0.5, 0.6) is 0 Å². The molecule has 1 unspecified atom stereocenters. The van der Waals surface area contributed by atoms with Gasteiger partial charge in [-0.1, -0.05) is 30.3 Å². The number of amides is 3. The highest BCUT2D eigenvalue weighted by Crippen LogP contribution is 2.44. The molecule has 1 atom stereocenters. The maximum atomic E-state index is 12.4. The molecule has 2 aliphatic rings. The van der Waals surface area contributed by atoms with Gasteiger partial charge in [0, 0.05) is 13.6 Å². The predicted molar refractivity (Wildman–Crippen MR) is 62.2 cm³/mol. The lowest BCUT2D eigenvalue weighted by molar-refractivity contribution is -0.132. The third-order valence-electron chi connectivity index (χ3n) is 3.81. The van der Waals surface area contributed by atoms with Crippen molar-refractivity contribution in [3.63, 3.8) is 0 Å². The summed E-state index contributed by atoms with van der Waals surface area (Å²) in [6.07, 6.45) is 1.62. The molecule has 0 aromatic heterocycles. The van der Waals surface area contributed by atoms with Gasteiger partial charge in [0.2, 0.25) is 0 Å². The van der Waals surface area contributed by atoms with Crippen molar-refractivity contribution in [2.75, 3.05) is 13.6 Å². The second-order valence-electron chi connectivity index (χ2n) is 4.63. The Morgan fingerprint density at radius 2 is 1.88 bits per heavy atom. The van der Waals surface area contributed by atoms with Crippen molar-refractivity contribution in [1.82, 2.24) is 9.80 Å². The normalized spacial score (nSPS) is 27.8. The number of carbonyl (C=O) groups is 2. The minimum Gasteiger partial charge on any atom is -0.305 e. The minimum atomic E-state index is -0.729. The van der Waals surface area contributed by atoms with Crippen molar-refractivity contribution in [3.8, 4) is 0 Å². The van der Waals surface area contributed by atoms with Gasteiger partial charge in [-0.2, -0.15) is 0 Å². The van der Waals surface area contributed by atoms with E-state index in [0.29, 0.717) is 6.54 Å². The fourth-order valence-corrected chi connectivity index (χ4v) is 2.98. The number of benzene rings is 1. The lowest BCUT2D eigenvalue weighted by Gasteiger charge is -2.28. The van der Waals surface area contributed by atoms with Crippen molar-refractivity contribution in [2.24, 2.45) is 0 Å². The zero-order valence-electron chi connectivity index (χ0n) is 9.72. The Bertz CT molecular complexity index is 485. The van der Waals surface area contributed by atoms with Gasteiger partial charge < -0.3 is 4.90 Å². The van der Waals surface area contributed by atoms with Gasteiger partial charge in [0.1, 0.15) is 5.54 Å². The summed E-state index contributed by atoms with van der Waals surface area (Å²) < 4.78 is 0. The van der Waals surface area contributed by atoms with Crippen LogP contribution in [0, 0.1) is 0 Å². The van der Waals surface area contributed by atoms with Crippen LogP contribution in [0.4, 0.5) is 4.79 Å². The number of nitrogens with zero attached hydrogens (tertiary/aromatic N) is 2. The molecule has 1 aromatic carbocycles. The lowest BCUT2D eigenvalue weighted by atomic mass is 9.87. The summed E-state index contributed by atoms with van der Waals surface area (Å²) >= 11 is 0. The quantitative estimate of drug-likeness (QED) is 0.687. The molecule has 3 rings (SSSR count). The first-order valence-corrected chi connectivity index (χ1v) is 5.83. The number of hydrogen-bond acceptors (Lipinski definition) is 2. The van der Waals surface area contributed by atoms with E-state index < -0.39 is 5.54 Å². The molecule has 2 heterocycles. The average molecular weight is 230 g/mol. The third kappa shape index (κ3) is 1.12. The van der Waals surface area contributed by atoms with E-state index in [0.717, 1.165) is 18.4 Å². The van der Waals surface area contributed by atoms with Crippen molar-refractivity contribution >= 4 is 11.9 Å². The van der Waals surface area contributed by atoms with E-state index in [2.05, 4.69) is 0 Å². The molecule has 0 bridgehead atoms. The largest absolute Gasteiger partial charge is 0.327 e. The number of rotatable bonds is 1. The Balaban J connectivity index is 2.17. The van der Waals surface area contributed by atoms with Crippen LogP contribution in [0.25, 0.3) is 0 Å². The van der Waals surface area contributed by atoms with Gasteiger partial charge in [0.05, 0.1) is 0 Å².